The van der Waals surface area contributed by atoms with Crippen molar-refractivity contribution in [3.05, 3.63) is 41.4 Å². The molecule has 3 unspecified atom stereocenters. The first-order valence-corrected chi connectivity index (χ1v) is 16.6. The number of benzene rings is 1. The highest BCUT2D eigenvalue weighted by molar-refractivity contribution is 7.70. The minimum atomic E-state index is -4.84. The molecule has 2 aliphatic rings. The van der Waals surface area contributed by atoms with Crippen LogP contribution in [0.1, 0.15) is 49.8 Å². The normalized spacial score (nSPS) is 25.8. The second-order valence-corrected chi connectivity index (χ2v) is 14.4. The number of aliphatic hydroxyl groups is 2. The van der Waals surface area contributed by atoms with Gasteiger partial charge in [-0.25, -0.2) is 4.98 Å². The van der Waals surface area contributed by atoms with Gasteiger partial charge in [0, 0.05) is 5.69 Å². The number of fused-ring (bicyclic) bond motifs is 1. The summed E-state index contributed by atoms with van der Waals surface area (Å²) in [5, 5.41) is 24.2. The SMILES string of the molecule is O=P(O)(O)CP(=O)(O)OC[C@H]1O[C@@H](n2cnc3c(Nc4ccc(C5CCCCC5)cc4)nc(Cl)nc32)C(O)C1O. The number of imidazole rings is 1. The molecule has 40 heavy (non-hydrogen) atoms. The van der Waals surface area contributed by atoms with Gasteiger partial charge in [0.05, 0.1) is 12.9 Å². The average molecular weight is 618 g/mol. The first-order chi connectivity index (χ1) is 18.9. The molecular weight excluding hydrogens is 588 g/mol. The maximum atomic E-state index is 12.0. The summed E-state index contributed by atoms with van der Waals surface area (Å²) in [4.78, 5) is 40.4. The van der Waals surface area contributed by atoms with Crippen molar-refractivity contribution < 1.29 is 43.3 Å². The molecular formula is C23H30ClN5O9P2. The fraction of sp³-hybridized carbons (Fsp3) is 0.522. The summed E-state index contributed by atoms with van der Waals surface area (Å²) >= 11 is 6.20. The molecule has 3 heterocycles. The molecule has 0 radical (unpaired) electrons. The van der Waals surface area contributed by atoms with E-state index in [-0.39, 0.29) is 10.9 Å². The predicted molar refractivity (Wildman–Crippen MR) is 144 cm³/mol. The van der Waals surface area contributed by atoms with Crippen molar-refractivity contribution in [2.45, 2.75) is 62.6 Å². The van der Waals surface area contributed by atoms with E-state index in [0.29, 0.717) is 17.3 Å². The van der Waals surface area contributed by atoms with Crippen LogP contribution >= 0.6 is 26.8 Å². The lowest BCUT2D eigenvalue weighted by atomic mass is 9.84. The number of anilines is 2. The second-order valence-electron chi connectivity index (χ2n) is 10.0. The molecule has 1 aliphatic carbocycles. The Morgan fingerprint density at radius 3 is 2.42 bits per heavy atom. The van der Waals surface area contributed by atoms with Crippen LogP contribution in [-0.2, 0) is 18.4 Å². The Morgan fingerprint density at radius 2 is 1.75 bits per heavy atom. The third-order valence-electron chi connectivity index (χ3n) is 7.06. The van der Waals surface area contributed by atoms with E-state index in [1.807, 2.05) is 12.1 Å². The molecule has 2 fully saturated rings. The molecule has 6 N–H and O–H groups in total. The van der Waals surface area contributed by atoms with Gasteiger partial charge < -0.3 is 39.5 Å². The third-order valence-corrected chi connectivity index (χ3v) is 10.7. The van der Waals surface area contributed by atoms with E-state index in [2.05, 4.69) is 32.4 Å². The Balaban J connectivity index is 1.33. The highest BCUT2D eigenvalue weighted by Crippen LogP contribution is 2.55. The van der Waals surface area contributed by atoms with E-state index in [0.717, 1.165) is 5.69 Å². The lowest BCUT2D eigenvalue weighted by molar-refractivity contribution is -0.0483. The molecule has 2 aromatic heterocycles. The summed E-state index contributed by atoms with van der Waals surface area (Å²) in [5.74, 6) is -0.516. The third kappa shape index (κ3) is 6.74. The quantitative estimate of drug-likeness (QED) is 0.151. The zero-order valence-electron chi connectivity index (χ0n) is 21.2. The minimum absolute atomic E-state index is 0.109. The molecule has 14 nitrogen and oxygen atoms in total. The van der Waals surface area contributed by atoms with Crippen LogP contribution in [0.4, 0.5) is 11.5 Å². The fourth-order valence-electron chi connectivity index (χ4n) is 5.13. The number of nitrogens with one attached hydrogen (secondary N) is 1. The standard InChI is InChI=1S/C23H30ClN5O9P2/c24-23-27-20(26-15-8-6-14(7-9-15)13-4-2-1-3-5-13)17-21(28-23)29(11-25-17)22-19(31)18(30)16(38-22)10-37-40(35,36)12-39(32,33)34/h6-9,11,13,16,18-19,22,30-31H,1-5,10,12H2,(H,35,36)(H,26,27,28)(H2,32,33,34)/t16-,18?,19?,22-/m1/s1. The Kier molecular flexibility index (Phi) is 8.66. The van der Waals surface area contributed by atoms with Crippen molar-refractivity contribution in [2.24, 2.45) is 0 Å². The average Bonchev–Trinajstić information content (AvgIpc) is 3.43. The lowest BCUT2D eigenvalue weighted by Gasteiger charge is -2.22. The van der Waals surface area contributed by atoms with Gasteiger partial charge in [-0.3, -0.25) is 13.7 Å². The Labute approximate surface area is 234 Å². The van der Waals surface area contributed by atoms with Crippen LogP contribution in [0.5, 0.6) is 0 Å². The van der Waals surface area contributed by atoms with E-state index < -0.39 is 52.2 Å². The highest BCUT2D eigenvalue weighted by atomic mass is 35.5. The van der Waals surface area contributed by atoms with Crippen molar-refractivity contribution in [1.82, 2.24) is 19.5 Å². The van der Waals surface area contributed by atoms with Gasteiger partial charge in [-0.2, -0.15) is 9.97 Å². The van der Waals surface area contributed by atoms with Gasteiger partial charge in [0.15, 0.2) is 29.1 Å². The van der Waals surface area contributed by atoms with Gasteiger partial charge >= 0.3 is 15.2 Å². The van der Waals surface area contributed by atoms with E-state index in [4.69, 9.17) is 30.6 Å². The maximum Gasteiger partial charge on any atom is 0.340 e. The van der Waals surface area contributed by atoms with Crippen molar-refractivity contribution in [1.29, 1.82) is 0 Å². The number of ether oxygens (including phenoxy) is 1. The Hall–Kier alpha value is -1.96. The number of hydrogen-bond acceptors (Lipinski definition) is 10. The number of aromatic nitrogens is 4. The zero-order valence-corrected chi connectivity index (χ0v) is 23.7. The van der Waals surface area contributed by atoms with Crippen LogP contribution in [0.3, 0.4) is 0 Å². The molecule has 5 atom stereocenters. The Bertz CT molecular complexity index is 1450. The molecule has 0 bridgehead atoms. The first kappa shape index (κ1) is 29.5. The van der Waals surface area contributed by atoms with Gasteiger partial charge in [-0.05, 0) is 48.1 Å². The smallest absolute Gasteiger partial charge is 0.340 e. The molecule has 17 heteroatoms. The van der Waals surface area contributed by atoms with Crippen molar-refractivity contribution in [3.8, 4) is 0 Å². The van der Waals surface area contributed by atoms with Crippen LogP contribution in [0, 0.1) is 0 Å². The summed E-state index contributed by atoms with van der Waals surface area (Å²) in [6.45, 7) is -0.714. The van der Waals surface area contributed by atoms with Gasteiger partial charge in [-0.15, -0.1) is 0 Å². The van der Waals surface area contributed by atoms with Crippen LogP contribution in [0.15, 0.2) is 30.6 Å². The molecule has 1 saturated heterocycles. The summed E-state index contributed by atoms with van der Waals surface area (Å²) in [6, 6.07) is 8.10. The van der Waals surface area contributed by atoms with Crippen molar-refractivity contribution in [3.63, 3.8) is 0 Å². The molecule has 5 rings (SSSR count). The summed E-state index contributed by atoms with van der Waals surface area (Å²) < 4.78 is 34.8. The molecule has 3 aromatic rings. The fourth-order valence-corrected chi connectivity index (χ4v) is 7.87. The number of rotatable bonds is 9. The minimum Gasteiger partial charge on any atom is -0.387 e. The molecule has 0 amide bonds. The summed E-state index contributed by atoms with van der Waals surface area (Å²) in [5.41, 5.74) is 2.56. The van der Waals surface area contributed by atoms with Gasteiger partial charge in [0.1, 0.15) is 18.3 Å². The lowest BCUT2D eigenvalue weighted by Crippen LogP contribution is -2.33. The zero-order chi connectivity index (χ0) is 28.7. The van der Waals surface area contributed by atoms with Gasteiger partial charge in [0.2, 0.25) is 5.28 Å². The molecule has 218 valence electrons. The number of aliphatic hydroxyl groups excluding tert-OH is 2. The predicted octanol–water partition coefficient (Wildman–Crippen LogP) is 3.23. The van der Waals surface area contributed by atoms with Crippen LogP contribution in [-0.4, -0.2) is 75.2 Å². The molecule has 0 spiro atoms. The van der Waals surface area contributed by atoms with E-state index >= 15 is 0 Å². The number of halogens is 1. The molecule has 1 aromatic carbocycles. The summed E-state index contributed by atoms with van der Waals surface area (Å²) in [6.07, 6.45) is 1.86. The topological polar surface area (TPSA) is 209 Å². The van der Waals surface area contributed by atoms with Crippen molar-refractivity contribution >= 4 is 49.5 Å². The largest absolute Gasteiger partial charge is 0.387 e. The monoisotopic (exact) mass is 617 g/mol. The van der Waals surface area contributed by atoms with Crippen LogP contribution < -0.4 is 5.32 Å². The van der Waals surface area contributed by atoms with Crippen molar-refractivity contribution in [2.75, 3.05) is 17.8 Å². The first-order valence-electron chi connectivity index (χ1n) is 12.7. The van der Waals surface area contributed by atoms with E-state index in [1.54, 1.807) is 0 Å². The van der Waals surface area contributed by atoms with E-state index in [9.17, 15) is 24.2 Å². The number of nitrogens with zero attached hydrogens (tertiary/aromatic N) is 4. The molecule has 1 aliphatic heterocycles. The van der Waals surface area contributed by atoms with Gasteiger partial charge in [0.25, 0.3) is 0 Å². The summed E-state index contributed by atoms with van der Waals surface area (Å²) in [7, 11) is -9.53. The Morgan fingerprint density at radius 1 is 1.05 bits per heavy atom. The molecule has 1 saturated carbocycles. The van der Waals surface area contributed by atoms with E-state index in [1.165, 1.54) is 48.6 Å². The second kappa shape index (κ2) is 11.7. The maximum absolute atomic E-state index is 12.0. The number of hydrogen-bond donors (Lipinski definition) is 6. The van der Waals surface area contributed by atoms with Crippen LogP contribution in [0.2, 0.25) is 5.28 Å². The van der Waals surface area contributed by atoms with Gasteiger partial charge in [-0.1, -0.05) is 31.4 Å². The highest BCUT2D eigenvalue weighted by Gasteiger charge is 2.45. The van der Waals surface area contributed by atoms with Crippen LogP contribution in [0.25, 0.3) is 11.2 Å².